The average Bonchev–Trinajstić information content (AvgIpc) is 2.59. The number of hydrogen-bond donors (Lipinski definition) is 2. The molecule has 4 heteroatoms. The molecule has 4 atom stereocenters. The standard InChI is InChI=1S/C8H16N2O2/c9-5-1-3-11-7(5)8-6(10)2-4-12-8/h5-8H,1-4,9-10H2/t5-,6-,7-,8-/m0/s1. The second-order valence-corrected chi connectivity index (χ2v) is 3.58. The highest BCUT2D eigenvalue weighted by Gasteiger charge is 2.39. The normalized spacial score (nSPS) is 48.5. The molecule has 0 unspecified atom stereocenters. The van der Waals surface area contributed by atoms with Gasteiger partial charge in [-0.25, -0.2) is 0 Å². The summed E-state index contributed by atoms with van der Waals surface area (Å²) in [5.74, 6) is 0. The molecule has 2 rings (SSSR count). The van der Waals surface area contributed by atoms with Crippen LogP contribution >= 0.6 is 0 Å². The first kappa shape index (κ1) is 8.44. The van der Waals surface area contributed by atoms with Crippen LogP contribution in [0.2, 0.25) is 0 Å². The third-order valence-electron chi connectivity index (χ3n) is 2.69. The summed E-state index contributed by atoms with van der Waals surface area (Å²) in [6.07, 6.45) is 1.92. The van der Waals surface area contributed by atoms with Gasteiger partial charge in [-0.05, 0) is 12.8 Å². The Balaban J connectivity index is 1.98. The number of rotatable bonds is 1. The van der Waals surface area contributed by atoms with Crippen LogP contribution in [0.4, 0.5) is 0 Å². The van der Waals surface area contributed by atoms with Crippen molar-refractivity contribution in [3.63, 3.8) is 0 Å². The Bertz CT molecular complexity index is 147. The minimum atomic E-state index is 0.0301. The van der Waals surface area contributed by atoms with Crippen LogP contribution in [-0.2, 0) is 9.47 Å². The molecule has 12 heavy (non-hydrogen) atoms. The van der Waals surface area contributed by atoms with E-state index in [2.05, 4.69) is 0 Å². The van der Waals surface area contributed by atoms with Crippen molar-refractivity contribution in [1.29, 1.82) is 0 Å². The molecular formula is C8H16N2O2. The molecule has 0 aromatic heterocycles. The van der Waals surface area contributed by atoms with Gasteiger partial charge in [0.15, 0.2) is 0 Å². The largest absolute Gasteiger partial charge is 0.374 e. The van der Waals surface area contributed by atoms with Gasteiger partial charge < -0.3 is 20.9 Å². The van der Waals surface area contributed by atoms with Gasteiger partial charge >= 0.3 is 0 Å². The van der Waals surface area contributed by atoms with E-state index in [0.29, 0.717) is 0 Å². The molecule has 2 fully saturated rings. The summed E-state index contributed by atoms with van der Waals surface area (Å²) in [4.78, 5) is 0. The summed E-state index contributed by atoms with van der Waals surface area (Å²) in [7, 11) is 0. The molecule has 4 nitrogen and oxygen atoms in total. The highest BCUT2D eigenvalue weighted by atomic mass is 16.5. The molecular weight excluding hydrogens is 156 g/mol. The molecule has 2 aliphatic rings. The SMILES string of the molecule is N[C@H]1CCO[C@@H]1[C@H]1OCC[C@@H]1N. The van der Waals surface area contributed by atoms with E-state index in [9.17, 15) is 0 Å². The topological polar surface area (TPSA) is 70.5 Å². The van der Waals surface area contributed by atoms with E-state index in [4.69, 9.17) is 20.9 Å². The quantitative estimate of drug-likeness (QED) is 0.544. The third-order valence-corrected chi connectivity index (χ3v) is 2.69. The van der Waals surface area contributed by atoms with Gasteiger partial charge in [-0.15, -0.1) is 0 Å². The van der Waals surface area contributed by atoms with Gasteiger partial charge in [0.05, 0.1) is 0 Å². The zero-order valence-electron chi connectivity index (χ0n) is 7.11. The molecule has 0 aromatic rings. The number of ether oxygens (including phenoxy) is 2. The maximum atomic E-state index is 5.86. The Hall–Kier alpha value is -0.160. The van der Waals surface area contributed by atoms with Crippen molar-refractivity contribution in [2.75, 3.05) is 13.2 Å². The van der Waals surface area contributed by atoms with Crippen molar-refractivity contribution < 1.29 is 9.47 Å². The fourth-order valence-corrected chi connectivity index (χ4v) is 1.93. The predicted octanol–water partition coefficient (Wildman–Crippen LogP) is -0.781. The van der Waals surface area contributed by atoms with Crippen LogP contribution in [-0.4, -0.2) is 37.5 Å². The second kappa shape index (κ2) is 3.30. The monoisotopic (exact) mass is 172 g/mol. The zero-order valence-corrected chi connectivity index (χ0v) is 7.11. The van der Waals surface area contributed by atoms with E-state index in [1.54, 1.807) is 0 Å². The molecule has 0 spiro atoms. The lowest BCUT2D eigenvalue weighted by Crippen LogP contribution is -2.47. The smallest absolute Gasteiger partial charge is 0.100 e. The Labute approximate surface area is 72.2 Å². The number of hydrogen-bond acceptors (Lipinski definition) is 4. The summed E-state index contributed by atoms with van der Waals surface area (Å²) in [6, 6.07) is 0.221. The summed E-state index contributed by atoms with van der Waals surface area (Å²) in [6.45, 7) is 1.50. The van der Waals surface area contributed by atoms with Crippen LogP contribution in [0.1, 0.15) is 12.8 Å². The maximum Gasteiger partial charge on any atom is 0.100 e. The summed E-state index contributed by atoms with van der Waals surface area (Å²) < 4.78 is 11.0. The minimum Gasteiger partial charge on any atom is -0.374 e. The van der Waals surface area contributed by atoms with Crippen LogP contribution in [0.5, 0.6) is 0 Å². The molecule has 0 aliphatic carbocycles. The van der Waals surface area contributed by atoms with E-state index in [0.717, 1.165) is 26.1 Å². The van der Waals surface area contributed by atoms with E-state index in [1.165, 1.54) is 0 Å². The minimum absolute atomic E-state index is 0.0301. The summed E-state index contributed by atoms with van der Waals surface area (Å²) in [5.41, 5.74) is 11.7. The van der Waals surface area contributed by atoms with E-state index < -0.39 is 0 Å². The summed E-state index contributed by atoms with van der Waals surface area (Å²) >= 11 is 0. The Morgan fingerprint density at radius 3 is 1.50 bits per heavy atom. The number of nitrogens with two attached hydrogens (primary N) is 2. The Morgan fingerprint density at radius 1 is 0.833 bits per heavy atom. The fraction of sp³-hybridized carbons (Fsp3) is 1.00. The van der Waals surface area contributed by atoms with Gasteiger partial charge in [-0.3, -0.25) is 0 Å². The van der Waals surface area contributed by atoms with Gasteiger partial charge in [0.1, 0.15) is 12.2 Å². The fourth-order valence-electron chi connectivity index (χ4n) is 1.93. The molecule has 2 saturated heterocycles. The van der Waals surface area contributed by atoms with Gasteiger partial charge in [0.25, 0.3) is 0 Å². The molecule has 0 aromatic carbocycles. The van der Waals surface area contributed by atoms with Crippen molar-refractivity contribution in [2.45, 2.75) is 37.1 Å². The zero-order chi connectivity index (χ0) is 8.55. The highest BCUT2D eigenvalue weighted by Crippen LogP contribution is 2.23. The van der Waals surface area contributed by atoms with Crippen LogP contribution < -0.4 is 11.5 Å². The lowest BCUT2D eigenvalue weighted by Gasteiger charge is -2.24. The van der Waals surface area contributed by atoms with Gasteiger partial charge in [0, 0.05) is 25.3 Å². The molecule has 2 aliphatic heterocycles. The van der Waals surface area contributed by atoms with E-state index in [1.807, 2.05) is 0 Å². The molecule has 0 amide bonds. The average molecular weight is 172 g/mol. The molecule has 0 saturated carbocycles. The highest BCUT2D eigenvalue weighted by molar-refractivity contribution is 4.93. The Kier molecular flexibility index (Phi) is 2.32. The Morgan fingerprint density at radius 2 is 1.25 bits per heavy atom. The van der Waals surface area contributed by atoms with Crippen molar-refractivity contribution in [3.8, 4) is 0 Å². The lowest BCUT2D eigenvalue weighted by atomic mass is 10.0. The first-order chi connectivity index (χ1) is 5.79. The maximum absolute atomic E-state index is 5.86. The van der Waals surface area contributed by atoms with E-state index >= 15 is 0 Å². The van der Waals surface area contributed by atoms with Gasteiger partial charge in [0.2, 0.25) is 0 Å². The van der Waals surface area contributed by atoms with Crippen molar-refractivity contribution in [2.24, 2.45) is 11.5 Å². The van der Waals surface area contributed by atoms with Crippen LogP contribution in [0.3, 0.4) is 0 Å². The first-order valence-electron chi connectivity index (χ1n) is 4.53. The van der Waals surface area contributed by atoms with Crippen LogP contribution in [0.25, 0.3) is 0 Å². The van der Waals surface area contributed by atoms with Crippen molar-refractivity contribution in [1.82, 2.24) is 0 Å². The molecule has 0 radical (unpaired) electrons. The molecule has 2 heterocycles. The van der Waals surface area contributed by atoms with Gasteiger partial charge in [-0.1, -0.05) is 0 Å². The second-order valence-electron chi connectivity index (χ2n) is 3.58. The predicted molar refractivity (Wildman–Crippen MR) is 44.7 cm³/mol. The van der Waals surface area contributed by atoms with Crippen molar-refractivity contribution in [3.05, 3.63) is 0 Å². The first-order valence-corrected chi connectivity index (χ1v) is 4.53. The molecule has 0 bridgehead atoms. The van der Waals surface area contributed by atoms with E-state index in [-0.39, 0.29) is 24.3 Å². The van der Waals surface area contributed by atoms with Gasteiger partial charge in [-0.2, -0.15) is 0 Å². The molecule has 4 N–H and O–H groups in total. The lowest BCUT2D eigenvalue weighted by molar-refractivity contribution is -0.0272. The van der Waals surface area contributed by atoms with Crippen molar-refractivity contribution >= 4 is 0 Å². The van der Waals surface area contributed by atoms with Crippen LogP contribution in [0, 0.1) is 0 Å². The van der Waals surface area contributed by atoms with Crippen LogP contribution in [0.15, 0.2) is 0 Å². The third kappa shape index (κ3) is 1.35. The molecule has 70 valence electrons. The summed E-state index contributed by atoms with van der Waals surface area (Å²) in [5, 5.41) is 0.